The molecule has 1 saturated carbocycles. The Hall–Kier alpha value is -1.30. The van der Waals surface area contributed by atoms with Crippen LogP contribution in [0.2, 0.25) is 0 Å². The molecular formula is C19H29ClN2O3. The normalized spacial score (nSPS) is 21.6. The van der Waals surface area contributed by atoms with Gasteiger partial charge in [0, 0.05) is 18.7 Å². The van der Waals surface area contributed by atoms with Crippen LogP contribution in [0.1, 0.15) is 49.7 Å². The first kappa shape index (κ1) is 20.0. The van der Waals surface area contributed by atoms with Crippen LogP contribution in [-0.2, 0) is 16.1 Å². The Balaban J connectivity index is 0.00000225. The molecule has 1 saturated heterocycles. The third-order valence-electron chi connectivity index (χ3n) is 5.06. The fourth-order valence-electron chi connectivity index (χ4n) is 3.49. The van der Waals surface area contributed by atoms with E-state index in [0.717, 1.165) is 62.0 Å². The average Bonchev–Trinajstić information content (AvgIpc) is 3.24. The van der Waals surface area contributed by atoms with Crippen molar-refractivity contribution in [2.75, 3.05) is 13.2 Å². The largest absolute Gasteiger partial charge is 0.491 e. The zero-order valence-electron chi connectivity index (χ0n) is 14.9. The number of ether oxygens (including phenoxy) is 2. The molecule has 0 aromatic heterocycles. The van der Waals surface area contributed by atoms with Crippen LogP contribution in [0.25, 0.3) is 0 Å². The molecule has 25 heavy (non-hydrogen) atoms. The molecule has 1 aromatic rings. The van der Waals surface area contributed by atoms with E-state index in [9.17, 15) is 4.79 Å². The van der Waals surface area contributed by atoms with Gasteiger partial charge in [-0.05, 0) is 44.2 Å². The third-order valence-corrected chi connectivity index (χ3v) is 5.06. The van der Waals surface area contributed by atoms with Crippen molar-refractivity contribution in [3.05, 3.63) is 29.3 Å². The van der Waals surface area contributed by atoms with Crippen molar-refractivity contribution in [2.24, 2.45) is 5.73 Å². The summed E-state index contributed by atoms with van der Waals surface area (Å²) < 4.78 is 11.6. The molecule has 0 radical (unpaired) electrons. The van der Waals surface area contributed by atoms with Gasteiger partial charge in [-0.15, -0.1) is 12.4 Å². The maximum absolute atomic E-state index is 12.4. The van der Waals surface area contributed by atoms with Crippen LogP contribution < -0.4 is 15.8 Å². The lowest BCUT2D eigenvalue weighted by Gasteiger charge is -2.23. The summed E-state index contributed by atoms with van der Waals surface area (Å²) in [7, 11) is 0. The first-order chi connectivity index (χ1) is 11.6. The van der Waals surface area contributed by atoms with Gasteiger partial charge in [-0.1, -0.05) is 25.0 Å². The monoisotopic (exact) mass is 368 g/mol. The van der Waals surface area contributed by atoms with Gasteiger partial charge in [-0.25, -0.2) is 0 Å². The van der Waals surface area contributed by atoms with Crippen molar-refractivity contribution >= 4 is 18.3 Å². The highest BCUT2D eigenvalue weighted by molar-refractivity contribution is 5.86. The van der Waals surface area contributed by atoms with Crippen molar-refractivity contribution in [1.29, 1.82) is 0 Å². The third kappa shape index (κ3) is 5.09. The Kier molecular flexibility index (Phi) is 7.11. The van der Waals surface area contributed by atoms with Gasteiger partial charge in [-0.3, -0.25) is 4.79 Å². The highest BCUT2D eigenvalue weighted by Crippen LogP contribution is 2.28. The Labute approximate surface area is 156 Å². The van der Waals surface area contributed by atoms with Crippen LogP contribution in [0.5, 0.6) is 5.75 Å². The molecule has 1 amide bonds. The number of carbonyl (C=O) groups is 1. The molecule has 0 bridgehead atoms. The summed E-state index contributed by atoms with van der Waals surface area (Å²) in [6.45, 7) is 3.86. The zero-order chi connectivity index (χ0) is 17.0. The van der Waals surface area contributed by atoms with Gasteiger partial charge in [0.2, 0.25) is 5.91 Å². The number of hydrogen-bond donors (Lipinski definition) is 2. The van der Waals surface area contributed by atoms with Crippen LogP contribution in [-0.4, -0.2) is 30.8 Å². The van der Waals surface area contributed by atoms with Crippen molar-refractivity contribution in [2.45, 2.75) is 63.6 Å². The van der Waals surface area contributed by atoms with Gasteiger partial charge in [0.25, 0.3) is 0 Å². The van der Waals surface area contributed by atoms with E-state index in [1.165, 1.54) is 0 Å². The lowest BCUT2D eigenvalue weighted by molar-refractivity contribution is -0.126. The molecule has 1 aliphatic carbocycles. The highest BCUT2D eigenvalue weighted by Gasteiger charge is 2.36. The molecule has 2 fully saturated rings. The van der Waals surface area contributed by atoms with Crippen LogP contribution in [0.4, 0.5) is 0 Å². The van der Waals surface area contributed by atoms with Gasteiger partial charge in [-0.2, -0.15) is 0 Å². The molecule has 3 rings (SSSR count). The minimum Gasteiger partial charge on any atom is -0.491 e. The molecule has 3 N–H and O–H groups in total. The van der Waals surface area contributed by atoms with Crippen LogP contribution >= 0.6 is 12.4 Å². The number of hydrogen-bond acceptors (Lipinski definition) is 4. The molecular weight excluding hydrogens is 340 g/mol. The number of amides is 1. The smallest absolute Gasteiger partial charge is 0.240 e. The fraction of sp³-hybridized carbons (Fsp3) is 0.632. The summed E-state index contributed by atoms with van der Waals surface area (Å²) in [6, 6.07) is 6.07. The van der Waals surface area contributed by atoms with Crippen molar-refractivity contribution in [3.8, 4) is 5.75 Å². The first-order valence-corrected chi connectivity index (χ1v) is 8.98. The zero-order valence-corrected chi connectivity index (χ0v) is 15.7. The number of nitrogens with two attached hydrogens (primary N) is 1. The Morgan fingerprint density at radius 1 is 1.36 bits per heavy atom. The minimum absolute atomic E-state index is 0. The lowest BCUT2D eigenvalue weighted by Crippen LogP contribution is -2.51. The molecule has 140 valence electrons. The predicted octanol–water partition coefficient (Wildman–Crippen LogP) is 2.86. The van der Waals surface area contributed by atoms with E-state index < -0.39 is 5.54 Å². The topological polar surface area (TPSA) is 73.6 Å². The van der Waals surface area contributed by atoms with Crippen LogP contribution in [0.15, 0.2) is 18.2 Å². The second kappa shape index (κ2) is 8.88. The van der Waals surface area contributed by atoms with Crippen molar-refractivity contribution in [3.63, 3.8) is 0 Å². The number of rotatable bonds is 6. The molecule has 1 unspecified atom stereocenters. The van der Waals surface area contributed by atoms with E-state index >= 15 is 0 Å². The SMILES string of the molecule is Cc1ccc(CNC(=O)C2(N)CCCC2)c(OCC2CCCO2)c1.Cl. The highest BCUT2D eigenvalue weighted by atomic mass is 35.5. The second-order valence-corrected chi connectivity index (χ2v) is 7.10. The number of halogens is 1. The number of benzene rings is 1. The summed E-state index contributed by atoms with van der Waals surface area (Å²) >= 11 is 0. The lowest BCUT2D eigenvalue weighted by atomic mass is 9.98. The molecule has 2 aliphatic rings. The van der Waals surface area contributed by atoms with Gasteiger partial charge in [0.15, 0.2) is 0 Å². The van der Waals surface area contributed by atoms with E-state index in [-0.39, 0.29) is 24.4 Å². The summed E-state index contributed by atoms with van der Waals surface area (Å²) in [6.07, 6.45) is 5.94. The Morgan fingerprint density at radius 3 is 2.80 bits per heavy atom. The predicted molar refractivity (Wildman–Crippen MR) is 100 cm³/mol. The van der Waals surface area contributed by atoms with Gasteiger partial charge >= 0.3 is 0 Å². The van der Waals surface area contributed by atoms with Gasteiger partial charge < -0.3 is 20.5 Å². The maximum Gasteiger partial charge on any atom is 0.240 e. The van der Waals surface area contributed by atoms with E-state index in [0.29, 0.717) is 13.2 Å². The average molecular weight is 369 g/mol. The molecule has 1 aromatic carbocycles. The molecule has 1 heterocycles. The molecule has 6 heteroatoms. The van der Waals surface area contributed by atoms with Gasteiger partial charge in [0.1, 0.15) is 12.4 Å². The summed E-state index contributed by atoms with van der Waals surface area (Å²) in [5, 5.41) is 2.99. The number of aryl methyl sites for hydroxylation is 1. The molecule has 5 nitrogen and oxygen atoms in total. The standard InChI is InChI=1S/C19H28N2O3.ClH/c1-14-6-7-15(12-21-18(22)19(20)8-2-3-9-19)17(11-14)24-13-16-5-4-10-23-16;/h6-7,11,16H,2-5,8-10,12-13,20H2,1H3,(H,21,22);1H. The minimum atomic E-state index is -0.691. The van der Waals surface area contributed by atoms with Crippen molar-refractivity contribution in [1.82, 2.24) is 5.32 Å². The maximum atomic E-state index is 12.4. The Bertz CT molecular complexity index is 582. The van der Waals surface area contributed by atoms with Crippen LogP contribution in [0.3, 0.4) is 0 Å². The summed E-state index contributed by atoms with van der Waals surface area (Å²) in [4.78, 5) is 12.4. The van der Waals surface area contributed by atoms with Crippen molar-refractivity contribution < 1.29 is 14.3 Å². The molecule has 1 aliphatic heterocycles. The molecule has 0 spiro atoms. The number of nitrogens with one attached hydrogen (secondary N) is 1. The van der Waals surface area contributed by atoms with Gasteiger partial charge in [0.05, 0.1) is 11.6 Å². The quantitative estimate of drug-likeness (QED) is 0.809. The first-order valence-electron chi connectivity index (χ1n) is 8.98. The fourth-order valence-corrected chi connectivity index (χ4v) is 3.49. The summed E-state index contributed by atoms with van der Waals surface area (Å²) in [5.41, 5.74) is 7.64. The van der Waals surface area contributed by atoms with E-state index in [1.807, 2.05) is 25.1 Å². The van der Waals surface area contributed by atoms with E-state index in [1.54, 1.807) is 0 Å². The number of carbonyl (C=O) groups excluding carboxylic acids is 1. The van der Waals surface area contributed by atoms with E-state index in [4.69, 9.17) is 15.2 Å². The summed E-state index contributed by atoms with van der Waals surface area (Å²) in [5.74, 6) is 0.772. The second-order valence-electron chi connectivity index (χ2n) is 7.10. The van der Waals surface area contributed by atoms with Crippen LogP contribution in [0, 0.1) is 6.92 Å². The Morgan fingerprint density at radius 2 is 2.12 bits per heavy atom. The molecule has 1 atom stereocenters. The van der Waals surface area contributed by atoms with E-state index in [2.05, 4.69) is 5.32 Å².